The summed E-state index contributed by atoms with van der Waals surface area (Å²) in [5.74, 6) is -0.205. The van der Waals surface area contributed by atoms with E-state index in [1.54, 1.807) is 24.0 Å². The number of nitrogens with one attached hydrogen (secondary N) is 1. The molecule has 6 heteroatoms. The van der Waals surface area contributed by atoms with Crippen LogP contribution in [-0.2, 0) is 10.3 Å². The normalized spacial score (nSPS) is 12.8. The van der Waals surface area contributed by atoms with Gasteiger partial charge in [-0.1, -0.05) is 0 Å². The van der Waals surface area contributed by atoms with E-state index in [2.05, 4.69) is 10.4 Å². The van der Waals surface area contributed by atoms with Gasteiger partial charge in [0, 0.05) is 6.20 Å². The predicted octanol–water partition coefficient (Wildman–Crippen LogP) is 1.35. The molecule has 1 amide bonds. The quantitative estimate of drug-likeness (QED) is 0.827. The molecule has 0 aliphatic heterocycles. The lowest BCUT2D eigenvalue weighted by Crippen LogP contribution is -2.32. The van der Waals surface area contributed by atoms with Crippen LogP contribution in [0.4, 0.5) is 5.69 Å². The second kappa shape index (κ2) is 5.32. The smallest absolute Gasteiger partial charge is 0.241 e. The molecule has 3 N–H and O–H groups in total. The molecule has 1 heterocycles. The van der Waals surface area contributed by atoms with Crippen molar-refractivity contribution in [3.8, 4) is 0 Å². The van der Waals surface area contributed by atoms with Crippen LogP contribution in [0.1, 0.15) is 27.7 Å². The number of aromatic nitrogens is 2. The minimum absolute atomic E-state index is 0. The molecule has 1 aromatic heterocycles. The number of rotatable bonds is 2. The third kappa shape index (κ3) is 3.83. The zero-order valence-corrected chi connectivity index (χ0v) is 10.8. The number of nitrogens with zero attached hydrogens (tertiary/aromatic N) is 2. The Morgan fingerprint density at radius 1 is 1.56 bits per heavy atom. The van der Waals surface area contributed by atoms with Gasteiger partial charge in [-0.05, 0) is 27.7 Å². The van der Waals surface area contributed by atoms with Gasteiger partial charge in [0.15, 0.2) is 0 Å². The van der Waals surface area contributed by atoms with Crippen molar-refractivity contribution in [2.75, 3.05) is 5.32 Å². The summed E-state index contributed by atoms with van der Waals surface area (Å²) in [6.07, 6.45) is 3.41. The SMILES string of the molecule is C[C@@H](N)C(=O)Nc1cnn(C(C)(C)C)c1.Cl. The second-order valence-electron chi connectivity index (χ2n) is 4.62. The lowest BCUT2D eigenvalue weighted by atomic mass is 10.1. The summed E-state index contributed by atoms with van der Waals surface area (Å²) in [5, 5.41) is 6.85. The van der Waals surface area contributed by atoms with E-state index in [0.29, 0.717) is 5.69 Å². The molecule has 0 aromatic carbocycles. The van der Waals surface area contributed by atoms with Crippen LogP contribution in [0, 0.1) is 0 Å². The molecule has 0 unspecified atom stereocenters. The lowest BCUT2D eigenvalue weighted by Gasteiger charge is -2.18. The van der Waals surface area contributed by atoms with Crippen molar-refractivity contribution >= 4 is 24.0 Å². The molecule has 0 fully saturated rings. The maximum absolute atomic E-state index is 11.3. The minimum Gasteiger partial charge on any atom is -0.322 e. The van der Waals surface area contributed by atoms with E-state index in [1.807, 2.05) is 20.8 Å². The van der Waals surface area contributed by atoms with Crippen LogP contribution >= 0.6 is 12.4 Å². The number of hydrogen-bond acceptors (Lipinski definition) is 3. The van der Waals surface area contributed by atoms with E-state index in [4.69, 9.17) is 5.73 Å². The fourth-order valence-corrected chi connectivity index (χ4v) is 1.01. The maximum atomic E-state index is 11.3. The number of carbonyl (C=O) groups is 1. The van der Waals surface area contributed by atoms with Crippen LogP contribution in [0.25, 0.3) is 0 Å². The Kier molecular flexibility index (Phi) is 4.96. The topological polar surface area (TPSA) is 72.9 Å². The zero-order valence-electron chi connectivity index (χ0n) is 10.0. The van der Waals surface area contributed by atoms with Gasteiger partial charge in [-0.2, -0.15) is 5.10 Å². The summed E-state index contributed by atoms with van der Waals surface area (Å²) in [7, 11) is 0. The summed E-state index contributed by atoms with van der Waals surface area (Å²) < 4.78 is 1.80. The molecule has 16 heavy (non-hydrogen) atoms. The molecule has 0 aliphatic rings. The van der Waals surface area contributed by atoms with Crippen LogP contribution < -0.4 is 11.1 Å². The molecule has 5 nitrogen and oxygen atoms in total. The summed E-state index contributed by atoms with van der Waals surface area (Å²) in [6, 6.07) is -0.511. The van der Waals surface area contributed by atoms with Gasteiger partial charge in [0.1, 0.15) is 0 Å². The third-order valence-corrected chi connectivity index (χ3v) is 1.95. The van der Waals surface area contributed by atoms with E-state index in [-0.39, 0.29) is 23.9 Å². The first-order chi connectivity index (χ1) is 6.80. The van der Waals surface area contributed by atoms with E-state index in [9.17, 15) is 4.79 Å². The van der Waals surface area contributed by atoms with Crippen molar-refractivity contribution in [2.24, 2.45) is 5.73 Å². The van der Waals surface area contributed by atoms with Crippen LogP contribution in [0.2, 0.25) is 0 Å². The number of amides is 1. The highest BCUT2D eigenvalue weighted by molar-refractivity contribution is 5.94. The molecule has 92 valence electrons. The molecule has 0 saturated carbocycles. The lowest BCUT2D eigenvalue weighted by molar-refractivity contribution is -0.117. The standard InChI is InChI=1S/C10H18N4O.ClH/c1-7(11)9(15)13-8-5-12-14(6-8)10(2,3)4;/h5-7H,11H2,1-4H3,(H,13,15);1H/t7-;/m1./s1. The van der Waals surface area contributed by atoms with E-state index in [0.717, 1.165) is 0 Å². The Morgan fingerprint density at radius 2 is 2.12 bits per heavy atom. The van der Waals surface area contributed by atoms with Gasteiger partial charge in [0.05, 0.1) is 23.5 Å². The molecule has 1 atom stereocenters. The average Bonchev–Trinajstić information content (AvgIpc) is 2.51. The van der Waals surface area contributed by atoms with Gasteiger partial charge >= 0.3 is 0 Å². The first-order valence-corrected chi connectivity index (χ1v) is 4.92. The molecule has 1 rings (SSSR count). The fourth-order valence-electron chi connectivity index (χ4n) is 1.01. The van der Waals surface area contributed by atoms with Crippen molar-refractivity contribution in [1.82, 2.24) is 9.78 Å². The molecule has 0 radical (unpaired) electrons. The molecular formula is C10H19ClN4O. The Morgan fingerprint density at radius 3 is 2.50 bits per heavy atom. The van der Waals surface area contributed by atoms with Crippen molar-refractivity contribution in [3.05, 3.63) is 12.4 Å². The molecular weight excluding hydrogens is 228 g/mol. The van der Waals surface area contributed by atoms with Crippen molar-refractivity contribution in [2.45, 2.75) is 39.3 Å². The summed E-state index contributed by atoms with van der Waals surface area (Å²) in [5.41, 5.74) is 6.02. The molecule has 0 aliphatic carbocycles. The first kappa shape index (κ1) is 14.9. The second-order valence-corrected chi connectivity index (χ2v) is 4.62. The summed E-state index contributed by atoms with van der Waals surface area (Å²) >= 11 is 0. The van der Waals surface area contributed by atoms with Crippen molar-refractivity contribution in [3.63, 3.8) is 0 Å². The number of halogens is 1. The van der Waals surface area contributed by atoms with E-state index in [1.165, 1.54) is 0 Å². The molecule has 1 aromatic rings. The van der Waals surface area contributed by atoms with Crippen LogP contribution in [0.15, 0.2) is 12.4 Å². The largest absolute Gasteiger partial charge is 0.322 e. The highest BCUT2D eigenvalue weighted by Gasteiger charge is 2.15. The number of nitrogens with two attached hydrogens (primary N) is 1. The first-order valence-electron chi connectivity index (χ1n) is 4.92. The molecule has 0 bridgehead atoms. The number of anilines is 1. The van der Waals surface area contributed by atoms with Gasteiger partial charge in [-0.25, -0.2) is 0 Å². The molecule has 0 spiro atoms. The summed E-state index contributed by atoms with van der Waals surface area (Å²) in [6.45, 7) is 7.76. The average molecular weight is 247 g/mol. The van der Waals surface area contributed by atoms with Crippen LogP contribution in [0.5, 0.6) is 0 Å². The van der Waals surface area contributed by atoms with Gasteiger partial charge in [-0.15, -0.1) is 12.4 Å². The van der Waals surface area contributed by atoms with Gasteiger partial charge in [-0.3, -0.25) is 9.48 Å². The van der Waals surface area contributed by atoms with Crippen LogP contribution in [-0.4, -0.2) is 21.7 Å². The van der Waals surface area contributed by atoms with Gasteiger partial charge in [0.25, 0.3) is 0 Å². The zero-order chi connectivity index (χ0) is 11.6. The van der Waals surface area contributed by atoms with Crippen molar-refractivity contribution < 1.29 is 4.79 Å². The Balaban J connectivity index is 0.00000225. The highest BCUT2D eigenvalue weighted by Crippen LogP contribution is 2.15. The maximum Gasteiger partial charge on any atom is 0.241 e. The Labute approximate surface area is 102 Å². The van der Waals surface area contributed by atoms with E-state index < -0.39 is 6.04 Å². The fraction of sp³-hybridized carbons (Fsp3) is 0.600. The Hall–Kier alpha value is -1.07. The van der Waals surface area contributed by atoms with Gasteiger partial charge in [0.2, 0.25) is 5.91 Å². The Bertz CT molecular complexity index is 354. The van der Waals surface area contributed by atoms with Gasteiger partial charge < -0.3 is 11.1 Å². The summed E-state index contributed by atoms with van der Waals surface area (Å²) in [4.78, 5) is 11.3. The minimum atomic E-state index is -0.511. The monoisotopic (exact) mass is 246 g/mol. The van der Waals surface area contributed by atoms with Crippen molar-refractivity contribution in [1.29, 1.82) is 0 Å². The predicted molar refractivity (Wildman–Crippen MR) is 66.8 cm³/mol. The third-order valence-electron chi connectivity index (χ3n) is 1.95. The van der Waals surface area contributed by atoms with E-state index >= 15 is 0 Å². The number of carbonyl (C=O) groups excluding carboxylic acids is 1. The molecule has 0 saturated heterocycles. The number of hydrogen-bond donors (Lipinski definition) is 2. The van der Waals surface area contributed by atoms with Crippen LogP contribution in [0.3, 0.4) is 0 Å². The highest BCUT2D eigenvalue weighted by atomic mass is 35.5.